The topological polar surface area (TPSA) is 91.7 Å². The summed E-state index contributed by atoms with van der Waals surface area (Å²) in [7, 11) is 0. The zero-order valence-electron chi connectivity index (χ0n) is 15.4. The number of likely N-dealkylation sites (tertiary alicyclic amines) is 1. The van der Waals surface area contributed by atoms with Crippen LogP contribution in [0.5, 0.6) is 5.75 Å². The first kappa shape index (κ1) is 19.6. The summed E-state index contributed by atoms with van der Waals surface area (Å²) in [5, 5.41) is 11.3. The minimum absolute atomic E-state index is 0.190. The Morgan fingerprint density at radius 3 is 2.77 bits per heavy atom. The van der Waals surface area contributed by atoms with Gasteiger partial charge in [0.15, 0.2) is 0 Å². The fourth-order valence-corrected chi connectivity index (χ4v) is 2.65. The predicted octanol–water partition coefficient (Wildman–Crippen LogP) is 3.32. The second kappa shape index (κ2) is 8.56. The molecular weight excluding hydrogens is 334 g/mol. The molecule has 1 fully saturated rings. The number of para-hydroxylation sites is 2. The molecule has 7 nitrogen and oxygen atoms in total. The number of rotatable bonds is 4. The fourth-order valence-electron chi connectivity index (χ4n) is 2.65. The molecule has 1 unspecified atom stereocenters. The fraction of sp³-hybridized carbons (Fsp3) is 0.526. The minimum atomic E-state index is -0.539. The molecule has 2 amide bonds. The molecule has 1 heterocycles. The van der Waals surface area contributed by atoms with Crippen LogP contribution >= 0.6 is 0 Å². The lowest BCUT2D eigenvalue weighted by Crippen LogP contribution is -2.46. The molecule has 1 saturated heterocycles. The van der Waals surface area contributed by atoms with Crippen LogP contribution in [0.2, 0.25) is 0 Å². The summed E-state index contributed by atoms with van der Waals surface area (Å²) in [5.74, 6) is 0.136. The molecule has 1 atom stereocenters. The molecule has 0 aliphatic carbocycles. The lowest BCUT2D eigenvalue weighted by molar-refractivity contribution is -0.115. The van der Waals surface area contributed by atoms with Gasteiger partial charge in [-0.15, -0.1) is 0 Å². The van der Waals surface area contributed by atoms with Gasteiger partial charge in [-0.1, -0.05) is 12.1 Å². The van der Waals surface area contributed by atoms with Crippen LogP contribution in [0.1, 0.15) is 40.0 Å². The van der Waals surface area contributed by atoms with Crippen molar-refractivity contribution in [3.05, 3.63) is 24.3 Å². The van der Waals surface area contributed by atoms with Gasteiger partial charge < -0.3 is 19.7 Å². The average Bonchev–Trinajstić information content (AvgIpc) is 2.55. The number of anilines is 1. The van der Waals surface area contributed by atoms with Gasteiger partial charge in [-0.05, 0) is 45.7 Å². The van der Waals surface area contributed by atoms with Crippen molar-refractivity contribution < 1.29 is 19.1 Å². The first-order chi connectivity index (χ1) is 12.3. The van der Waals surface area contributed by atoms with Crippen LogP contribution in [-0.4, -0.2) is 41.7 Å². The van der Waals surface area contributed by atoms with Crippen molar-refractivity contribution in [2.24, 2.45) is 0 Å². The molecule has 26 heavy (non-hydrogen) atoms. The Bertz CT molecular complexity index is 691. The van der Waals surface area contributed by atoms with Gasteiger partial charge in [0.05, 0.1) is 18.3 Å². The van der Waals surface area contributed by atoms with Crippen molar-refractivity contribution in [3.8, 4) is 11.8 Å². The van der Waals surface area contributed by atoms with E-state index in [1.54, 1.807) is 23.1 Å². The number of ether oxygens (including phenoxy) is 2. The van der Waals surface area contributed by atoms with Crippen LogP contribution in [0.4, 0.5) is 10.5 Å². The van der Waals surface area contributed by atoms with Crippen molar-refractivity contribution in [1.29, 1.82) is 5.26 Å². The quantitative estimate of drug-likeness (QED) is 0.890. The Hall–Kier alpha value is -2.75. The zero-order chi connectivity index (χ0) is 19.2. The van der Waals surface area contributed by atoms with E-state index in [2.05, 4.69) is 5.32 Å². The second-order valence-electron chi connectivity index (χ2n) is 7.19. The summed E-state index contributed by atoms with van der Waals surface area (Å²) >= 11 is 0. The van der Waals surface area contributed by atoms with Crippen LogP contribution in [0.3, 0.4) is 0 Å². The Kier molecular flexibility index (Phi) is 6.45. The van der Waals surface area contributed by atoms with Gasteiger partial charge in [0.1, 0.15) is 23.9 Å². The number of hydrogen-bond acceptors (Lipinski definition) is 5. The van der Waals surface area contributed by atoms with Crippen LogP contribution in [-0.2, 0) is 9.53 Å². The molecule has 140 valence electrons. The first-order valence-corrected chi connectivity index (χ1v) is 8.69. The first-order valence-electron chi connectivity index (χ1n) is 8.69. The summed E-state index contributed by atoms with van der Waals surface area (Å²) in [5.41, 5.74) is -0.0233. The highest BCUT2D eigenvalue weighted by atomic mass is 16.6. The molecule has 1 N–H and O–H groups in total. The standard InChI is InChI=1S/C19H25N3O4/c1-19(2,3)26-18(24)22-12-6-7-14(13-22)25-16-9-5-4-8-15(16)21-17(23)10-11-20/h4-5,8-9,14H,6-7,10,12-13H2,1-3H3,(H,21,23). The van der Waals surface area contributed by atoms with Gasteiger partial charge in [-0.25, -0.2) is 4.79 Å². The van der Waals surface area contributed by atoms with E-state index in [9.17, 15) is 9.59 Å². The van der Waals surface area contributed by atoms with Crippen LogP contribution in [0, 0.1) is 11.3 Å². The molecule has 0 radical (unpaired) electrons. The minimum Gasteiger partial charge on any atom is -0.486 e. The Morgan fingerprint density at radius 2 is 2.08 bits per heavy atom. The third-order valence-corrected chi connectivity index (χ3v) is 3.72. The van der Waals surface area contributed by atoms with Crippen LogP contribution < -0.4 is 10.1 Å². The molecule has 0 bridgehead atoms. The maximum Gasteiger partial charge on any atom is 0.410 e. The molecule has 2 rings (SSSR count). The van der Waals surface area contributed by atoms with E-state index < -0.39 is 5.60 Å². The van der Waals surface area contributed by atoms with Crippen molar-refractivity contribution in [3.63, 3.8) is 0 Å². The molecule has 1 aliphatic heterocycles. The van der Waals surface area contributed by atoms with E-state index in [0.717, 1.165) is 12.8 Å². The smallest absolute Gasteiger partial charge is 0.410 e. The van der Waals surface area contributed by atoms with Gasteiger partial charge in [0.25, 0.3) is 0 Å². The lowest BCUT2D eigenvalue weighted by Gasteiger charge is -2.34. The maximum absolute atomic E-state index is 12.3. The van der Waals surface area contributed by atoms with Gasteiger partial charge >= 0.3 is 6.09 Å². The number of nitrogens with one attached hydrogen (secondary N) is 1. The molecule has 0 saturated carbocycles. The van der Waals surface area contributed by atoms with E-state index in [0.29, 0.717) is 24.5 Å². The number of hydrogen-bond donors (Lipinski definition) is 1. The van der Waals surface area contributed by atoms with Gasteiger partial charge in [0.2, 0.25) is 5.91 Å². The highest BCUT2D eigenvalue weighted by molar-refractivity contribution is 5.93. The van der Waals surface area contributed by atoms with Gasteiger partial charge in [0, 0.05) is 6.54 Å². The van der Waals surface area contributed by atoms with Gasteiger partial charge in [-0.3, -0.25) is 4.79 Å². The van der Waals surface area contributed by atoms with Crippen molar-refractivity contribution >= 4 is 17.7 Å². The Labute approximate surface area is 153 Å². The van der Waals surface area contributed by atoms with Gasteiger partial charge in [-0.2, -0.15) is 5.26 Å². The predicted molar refractivity (Wildman–Crippen MR) is 96.8 cm³/mol. The Balaban J connectivity index is 2.01. The summed E-state index contributed by atoms with van der Waals surface area (Å²) in [6.07, 6.45) is 0.864. The summed E-state index contributed by atoms with van der Waals surface area (Å²) in [6.45, 7) is 6.57. The molecule has 0 aromatic heterocycles. The highest BCUT2D eigenvalue weighted by Gasteiger charge is 2.29. The van der Waals surface area contributed by atoms with Crippen molar-refractivity contribution in [2.45, 2.75) is 51.7 Å². The number of nitriles is 1. The number of nitrogens with zero attached hydrogens (tertiary/aromatic N) is 2. The number of piperidine rings is 1. The number of carbonyl (C=O) groups excluding carboxylic acids is 2. The normalized spacial score (nSPS) is 17.2. The summed E-state index contributed by atoms with van der Waals surface area (Å²) in [6, 6.07) is 8.88. The lowest BCUT2D eigenvalue weighted by atomic mass is 10.1. The van der Waals surface area contributed by atoms with E-state index in [1.807, 2.05) is 32.9 Å². The van der Waals surface area contributed by atoms with Crippen molar-refractivity contribution in [2.75, 3.05) is 18.4 Å². The summed E-state index contributed by atoms with van der Waals surface area (Å²) < 4.78 is 11.5. The van der Waals surface area contributed by atoms with Crippen LogP contribution in [0.25, 0.3) is 0 Å². The van der Waals surface area contributed by atoms with Crippen LogP contribution in [0.15, 0.2) is 24.3 Å². The van der Waals surface area contributed by atoms with Crippen molar-refractivity contribution in [1.82, 2.24) is 4.90 Å². The third-order valence-electron chi connectivity index (χ3n) is 3.72. The van der Waals surface area contributed by atoms with E-state index in [4.69, 9.17) is 14.7 Å². The largest absolute Gasteiger partial charge is 0.486 e. The molecule has 0 spiro atoms. The van der Waals surface area contributed by atoms with E-state index in [1.165, 1.54) is 0 Å². The molecule has 1 aliphatic rings. The number of carbonyl (C=O) groups is 2. The number of benzene rings is 1. The third kappa shape index (κ3) is 5.96. The van der Waals surface area contributed by atoms with E-state index >= 15 is 0 Å². The zero-order valence-corrected chi connectivity index (χ0v) is 15.4. The molecule has 1 aromatic carbocycles. The molecule has 1 aromatic rings. The highest BCUT2D eigenvalue weighted by Crippen LogP contribution is 2.27. The Morgan fingerprint density at radius 1 is 1.35 bits per heavy atom. The summed E-state index contributed by atoms with van der Waals surface area (Å²) in [4.78, 5) is 25.6. The molecule has 7 heteroatoms. The monoisotopic (exact) mass is 359 g/mol. The molecular formula is C19H25N3O4. The second-order valence-corrected chi connectivity index (χ2v) is 7.19. The average molecular weight is 359 g/mol. The maximum atomic E-state index is 12.3. The SMILES string of the molecule is CC(C)(C)OC(=O)N1CCCC(Oc2ccccc2NC(=O)CC#N)C1. The number of amides is 2. The van der Waals surface area contributed by atoms with E-state index in [-0.39, 0.29) is 24.5 Å².